The molecule has 1 aromatic carbocycles. The van der Waals surface area contributed by atoms with Gasteiger partial charge in [-0.05, 0) is 48.8 Å². The second kappa shape index (κ2) is 8.87. The summed E-state index contributed by atoms with van der Waals surface area (Å²) in [5, 5.41) is 0. The Balaban J connectivity index is 1.58. The van der Waals surface area contributed by atoms with Crippen LogP contribution in [0.4, 0.5) is 0 Å². The molecule has 1 amide bonds. The van der Waals surface area contributed by atoms with Gasteiger partial charge in [0.05, 0.1) is 5.92 Å². The summed E-state index contributed by atoms with van der Waals surface area (Å²) >= 11 is 0. The molecule has 0 unspecified atom stereocenters. The zero-order valence-corrected chi connectivity index (χ0v) is 16.9. The minimum atomic E-state index is 0.0330. The van der Waals surface area contributed by atoms with E-state index in [1.165, 1.54) is 24.0 Å². The Morgan fingerprint density at radius 3 is 2.71 bits per heavy atom. The van der Waals surface area contributed by atoms with E-state index in [2.05, 4.69) is 52.0 Å². The fourth-order valence-electron chi connectivity index (χ4n) is 4.35. The van der Waals surface area contributed by atoms with Crippen molar-refractivity contribution in [2.75, 3.05) is 32.7 Å². The maximum atomic E-state index is 13.3. The largest absolute Gasteiger partial charge is 0.341 e. The number of aromatic nitrogens is 1. The normalized spacial score (nSPS) is 21.0. The molecule has 2 aromatic rings. The highest BCUT2D eigenvalue weighted by Crippen LogP contribution is 2.31. The van der Waals surface area contributed by atoms with E-state index < -0.39 is 0 Å². The zero-order chi connectivity index (χ0) is 19.3. The van der Waals surface area contributed by atoms with Crippen LogP contribution in [0.1, 0.15) is 31.7 Å². The van der Waals surface area contributed by atoms with Crippen molar-refractivity contribution in [3.05, 3.63) is 54.4 Å². The second-order valence-corrected chi connectivity index (χ2v) is 8.33. The summed E-state index contributed by atoms with van der Waals surface area (Å²) in [5.74, 6) is 1.22. The van der Waals surface area contributed by atoms with Crippen molar-refractivity contribution >= 4 is 5.91 Å². The fourth-order valence-corrected chi connectivity index (χ4v) is 4.35. The van der Waals surface area contributed by atoms with Crippen molar-refractivity contribution in [3.8, 4) is 11.1 Å². The Kier molecular flexibility index (Phi) is 6.06. The molecule has 28 heavy (non-hydrogen) atoms. The predicted molar refractivity (Wildman–Crippen MR) is 113 cm³/mol. The molecule has 1 saturated heterocycles. The highest BCUT2D eigenvalue weighted by Gasteiger charge is 2.33. The number of amides is 1. The van der Waals surface area contributed by atoms with Gasteiger partial charge in [-0.1, -0.05) is 37.3 Å². The number of rotatable bonds is 7. The lowest BCUT2D eigenvalue weighted by Crippen LogP contribution is -2.38. The van der Waals surface area contributed by atoms with Crippen LogP contribution in [0.25, 0.3) is 11.1 Å². The molecule has 148 valence electrons. The lowest BCUT2D eigenvalue weighted by atomic mass is 9.91. The topological polar surface area (TPSA) is 36.4 Å². The van der Waals surface area contributed by atoms with Crippen LogP contribution in [0, 0.1) is 11.8 Å². The minimum absolute atomic E-state index is 0.0330. The Labute approximate surface area is 168 Å². The van der Waals surface area contributed by atoms with Gasteiger partial charge >= 0.3 is 0 Å². The van der Waals surface area contributed by atoms with E-state index in [9.17, 15) is 4.79 Å². The quantitative estimate of drug-likeness (QED) is 0.735. The van der Waals surface area contributed by atoms with Crippen LogP contribution in [0.2, 0.25) is 0 Å². The number of nitrogens with zero attached hydrogens (tertiary/aromatic N) is 3. The van der Waals surface area contributed by atoms with E-state index in [4.69, 9.17) is 0 Å². The molecule has 1 saturated carbocycles. The first-order valence-corrected chi connectivity index (χ1v) is 10.7. The lowest BCUT2D eigenvalue weighted by Gasteiger charge is -2.24. The van der Waals surface area contributed by atoms with Gasteiger partial charge < -0.3 is 9.80 Å². The van der Waals surface area contributed by atoms with Crippen molar-refractivity contribution in [1.29, 1.82) is 0 Å². The van der Waals surface area contributed by atoms with Gasteiger partial charge in [0.25, 0.3) is 0 Å². The van der Waals surface area contributed by atoms with Crippen molar-refractivity contribution in [3.63, 3.8) is 0 Å². The van der Waals surface area contributed by atoms with Gasteiger partial charge in [-0.25, -0.2) is 0 Å². The molecule has 1 aromatic heterocycles. The molecule has 0 N–H and O–H groups in total. The van der Waals surface area contributed by atoms with Crippen molar-refractivity contribution in [2.45, 2.75) is 32.6 Å². The number of pyridine rings is 1. The summed E-state index contributed by atoms with van der Waals surface area (Å²) in [6, 6.07) is 12.6. The van der Waals surface area contributed by atoms with Crippen molar-refractivity contribution in [2.24, 2.45) is 11.8 Å². The van der Waals surface area contributed by atoms with E-state index in [0.29, 0.717) is 5.91 Å². The van der Waals surface area contributed by atoms with E-state index in [0.717, 1.165) is 57.0 Å². The highest BCUT2D eigenvalue weighted by molar-refractivity contribution is 5.80. The van der Waals surface area contributed by atoms with Crippen LogP contribution in [-0.2, 0) is 11.2 Å². The van der Waals surface area contributed by atoms with Gasteiger partial charge in [0.2, 0.25) is 5.91 Å². The Morgan fingerprint density at radius 2 is 1.96 bits per heavy atom. The maximum Gasteiger partial charge on any atom is 0.227 e. The maximum absolute atomic E-state index is 13.3. The number of benzene rings is 1. The summed E-state index contributed by atoms with van der Waals surface area (Å²) in [7, 11) is 0. The zero-order valence-electron chi connectivity index (χ0n) is 16.9. The van der Waals surface area contributed by atoms with Gasteiger partial charge in [0, 0.05) is 50.7 Å². The molecule has 2 heterocycles. The predicted octanol–water partition coefficient (Wildman–Crippen LogP) is 3.87. The van der Waals surface area contributed by atoms with Crippen LogP contribution < -0.4 is 0 Å². The smallest absolute Gasteiger partial charge is 0.227 e. The van der Waals surface area contributed by atoms with Crippen LogP contribution in [0.3, 0.4) is 0 Å². The number of hydrogen-bond donors (Lipinski definition) is 0. The fraction of sp³-hybridized carbons (Fsp3) is 0.500. The van der Waals surface area contributed by atoms with E-state index in [-0.39, 0.29) is 5.92 Å². The molecule has 2 aliphatic rings. The molecule has 0 bridgehead atoms. The summed E-state index contributed by atoms with van der Waals surface area (Å²) in [4.78, 5) is 22.3. The monoisotopic (exact) mass is 377 g/mol. The first kappa shape index (κ1) is 19.1. The molecule has 1 aliphatic heterocycles. The molecule has 4 nitrogen and oxygen atoms in total. The minimum Gasteiger partial charge on any atom is -0.341 e. The highest BCUT2D eigenvalue weighted by atomic mass is 16.2. The lowest BCUT2D eigenvalue weighted by molar-refractivity contribution is -0.134. The van der Waals surface area contributed by atoms with E-state index in [1.807, 2.05) is 12.3 Å². The van der Waals surface area contributed by atoms with Crippen LogP contribution in [-0.4, -0.2) is 53.4 Å². The molecular formula is C24H31N3O. The van der Waals surface area contributed by atoms with Gasteiger partial charge in [0.1, 0.15) is 0 Å². The van der Waals surface area contributed by atoms with Crippen molar-refractivity contribution in [1.82, 2.24) is 14.8 Å². The van der Waals surface area contributed by atoms with Crippen LogP contribution in [0.15, 0.2) is 48.8 Å². The van der Waals surface area contributed by atoms with Crippen LogP contribution >= 0.6 is 0 Å². The summed E-state index contributed by atoms with van der Waals surface area (Å²) in [6.07, 6.45) is 8.25. The average Bonchev–Trinajstić information content (AvgIpc) is 3.55. The first-order valence-electron chi connectivity index (χ1n) is 10.7. The second-order valence-electron chi connectivity index (χ2n) is 8.33. The van der Waals surface area contributed by atoms with Gasteiger partial charge in [-0.3, -0.25) is 9.78 Å². The third-order valence-electron chi connectivity index (χ3n) is 5.99. The Bertz CT molecular complexity index is 787. The summed E-state index contributed by atoms with van der Waals surface area (Å²) in [6.45, 7) is 6.97. The molecule has 4 rings (SSSR count). The number of carbonyl (C=O) groups excluding carboxylic acids is 1. The van der Waals surface area contributed by atoms with Crippen molar-refractivity contribution < 1.29 is 4.79 Å². The number of carbonyl (C=O) groups is 1. The molecular weight excluding hydrogens is 346 g/mol. The molecule has 0 radical (unpaired) electrons. The molecule has 2 fully saturated rings. The standard InChI is InChI=1S/C24H31N3O/c1-2-12-27-14-13-26(17-19-9-10-19)18-22(24(27)28)15-20-6-3-4-8-23(20)21-7-5-11-25-16-21/h3-8,11,16,19,22H,2,9-10,12-15,17-18H2,1H3/t22-/m0/s1. The van der Waals surface area contributed by atoms with E-state index >= 15 is 0 Å². The SMILES string of the molecule is CCCN1CCN(CC2CC2)C[C@H](Cc2ccccc2-c2cccnc2)C1=O. The van der Waals surface area contributed by atoms with Gasteiger partial charge in [-0.2, -0.15) is 0 Å². The summed E-state index contributed by atoms with van der Waals surface area (Å²) < 4.78 is 0. The molecule has 4 heteroatoms. The van der Waals surface area contributed by atoms with Gasteiger partial charge in [-0.15, -0.1) is 0 Å². The van der Waals surface area contributed by atoms with Gasteiger partial charge in [0.15, 0.2) is 0 Å². The molecule has 1 aliphatic carbocycles. The third-order valence-corrected chi connectivity index (χ3v) is 5.99. The average molecular weight is 378 g/mol. The van der Waals surface area contributed by atoms with Crippen LogP contribution in [0.5, 0.6) is 0 Å². The Morgan fingerprint density at radius 1 is 1.11 bits per heavy atom. The first-order chi connectivity index (χ1) is 13.7. The summed E-state index contributed by atoms with van der Waals surface area (Å²) in [5.41, 5.74) is 3.57. The van der Waals surface area contributed by atoms with E-state index in [1.54, 1.807) is 6.20 Å². The molecule has 0 spiro atoms. The third kappa shape index (κ3) is 4.61. The number of hydrogen-bond acceptors (Lipinski definition) is 3. The Hall–Kier alpha value is -2.20. The molecule has 1 atom stereocenters.